The SMILES string of the molecule is C[C@H]1CN(c2ccncc2NC(=O)c2nc3cc(C4=CCN(C)CC4)ccc3cc2NC(=O)OCc2ccccc2)C[C@@H](NC(=O)OC(C)(C)C)[C@H]1N/C=C\N. The van der Waals surface area contributed by atoms with Crippen LogP contribution in [-0.2, 0) is 16.1 Å². The van der Waals surface area contributed by atoms with Crippen molar-refractivity contribution in [3.8, 4) is 0 Å². The monoisotopic (exact) mass is 761 g/mol. The molecule has 14 heteroatoms. The summed E-state index contributed by atoms with van der Waals surface area (Å²) in [5.41, 5.74) is 9.98. The van der Waals surface area contributed by atoms with Gasteiger partial charge in [-0.2, -0.15) is 0 Å². The van der Waals surface area contributed by atoms with Gasteiger partial charge in [0.05, 0.1) is 40.9 Å². The van der Waals surface area contributed by atoms with E-state index in [9.17, 15) is 14.4 Å². The fourth-order valence-electron chi connectivity index (χ4n) is 7.00. The van der Waals surface area contributed by atoms with Crippen molar-refractivity contribution < 1.29 is 23.9 Å². The van der Waals surface area contributed by atoms with Gasteiger partial charge in [0.2, 0.25) is 0 Å². The molecule has 6 rings (SSSR count). The van der Waals surface area contributed by atoms with E-state index in [0.29, 0.717) is 30.0 Å². The van der Waals surface area contributed by atoms with E-state index in [1.807, 2.05) is 75.4 Å². The van der Waals surface area contributed by atoms with Crippen molar-refractivity contribution in [1.82, 2.24) is 25.5 Å². The zero-order chi connectivity index (χ0) is 39.8. The van der Waals surface area contributed by atoms with Crippen LogP contribution in [0.25, 0.3) is 16.5 Å². The molecule has 14 nitrogen and oxygen atoms in total. The van der Waals surface area contributed by atoms with Crippen LogP contribution in [0.5, 0.6) is 0 Å². The van der Waals surface area contributed by atoms with Gasteiger partial charge in [-0.05, 0) is 75.1 Å². The Kier molecular flexibility index (Phi) is 12.4. The number of nitrogens with two attached hydrogens (primary N) is 1. The molecule has 3 atom stereocenters. The summed E-state index contributed by atoms with van der Waals surface area (Å²) in [6, 6.07) is 18.3. The Balaban J connectivity index is 1.29. The molecular weight excluding hydrogens is 711 g/mol. The summed E-state index contributed by atoms with van der Waals surface area (Å²) < 4.78 is 11.1. The van der Waals surface area contributed by atoms with Gasteiger partial charge >= 0.3 is 12.2 Å². The van der Waals surface area contributed by atoms with E-state index in [1.165, 1.54) is 11.8 Å². The first-order valence-corrected chi connectivity index (χ1v) is 18.8. The molecule has 2 aliphatic heterocycles. The number of piperidine rings is 1. The molecule has 4 heterocycles. The maximum Gasteiger partial charge on any atom is 0.412 e. The molecule has 1 fully saturated rings. The van der Waals surface area contributed by atoms with Crippen LogP contribution in [0.2, 0.25) is 0 Å². The highest BCUT2D eigenvalue weighted by atomic mass is 16.6. The number of nitrogens with one attached hydrogen (secondary N) is 4. The van der Waals surface area contributed by atoms with Crippen LogP contribution in [0.3, 0.4) is 0 Å². The van der Waals surface area contributed by atoms with Gasteiger partial charge in [0, 0.05) is 50.2 Å². The lowest BCUT2D eigenvalue weighted by molar-refractivity contribution is 0.0482. The number of pyridine rings is 2. The summed E-state index contributed by atoms with van der Waals surface area (Å²) in [6.07, 6.45) is 8.14. The second-order valence-electron chi connectivity index (χ2n) is 15.3. The summed E-state index contributed by atoms with van der Waals surface area (Å²) in [4.78, 5) is 53.9. The lowest BCUT2D eigenvalue weighted by Gasteiger charge is -2.44. The van der Waals surface area contributed by atoms with Gasteiger partial charge in [0.1, 0.15) is 12.2 Å². The van der Waals surface area contributed by atoms with Crippen molar-refractivity contribution in [3.63, 3.8) is 0 Å². The Hall–Kier alpha value is -6.15. The second kappa shape index (κ2) is 17.5. The zero-order valence-corrected chi connectivity index (χ0v) is 32.5. The van der Waals surface area contributed by atoms with E-state index < -0.39 is 29.7 Å². The van der Waals surface area contributed by atoms with Gasteiger partial charge in [-0.1, -0.05) is 55.5 Å². The lowest BCUT2D eigenvalue weighted by Crippen LogP contribution is -2.63. The third kappa shape index (κ3) is 10.1. The van der Waals surface area contributed by atoms with Gasteiger partial charge in [-0.3, -0.25) is 15.1 Å². The fourth-order valence-corrected chi connectivity index (χ4v) is 7.00. The van der Waals surface area contributed by atoms with Crippen molar-refractivity contribution in [1.29, 1.82) is 0 Å². The van der Waals surface area contributed by atoms with Crippen LogP contribution >= 0.6 is 0 Å². The molecule has 0 radical (unpaired) electrons. The van der Waals surface area contributed by atoms with Crippen molar-refractivity contribution in [2.45, 2.75) is 58.4 Å². The largest absolute Gasteiger partial charge is 0.444 e. The number of carbonyl (C=O) groups is 3. The van der Waals surface area contributed by atoms with Crippen LogP contribution < -0.4 is 31.9 Å². The molecule has 1 saturated heterocycles. The van der Waals surface area contributed by atoms with Crippen LogP contribution in [0.1, 0.15) is 55.7 Å². The molecule has 2 aromatic carbocycles. The molecule has 0 bridgehead atoms. The van der Waals surface area contributed by atoms with Crippen molar-refractivity contribution >= 4 is 51.6 Å². The highest BCUT2D eigenvalue weighted by Gasteiger charge is 2.37. The highest BCUT2D eigenvalue weighted by Crippen LogP contribution is 2.32. The number of ether oxygens (including phenoxy) is 2. The number of likely N-dealkylation sites (N-methyl/N-ethyl adjacent to an activating group) is 1. The normalized spacial score (nSPS) is 18.9. The van der Waals surface area contributed by atoms with E-state index in [1.54, 1.807) is 24.7 Å². The summed E-state index contributed by atoms with van der Waals surface area (Å²) in [7, 11) is 2.09. The summed E-state index contributed by atoms with van der Waals surface area (Å²) >= 11 is 0. The molecule has 0 aliphatic carbocycles. The molecular formula is C42H51N9O5. The maximum absolute atomic E-state index is 14.3. The Labute approximate surface area is 327 Å². The minimum absolute atomic E-state index is 0.00721. The van der Waals surface area contributed by atoms with E-state index in [2.05, 4.69) is 56.1 Å². The summed E-state index contributed by atoms with van der Waals surface area (Å²) in [5.74, 6) is -0.533. The number of hydrogen-bond donors (Lipinski definition) is 5. The number of carbonyl (C=O) groups excluding carboxylic acids is 3. The number of benzene rings is 2. The number of aromatic nitrogens is 2. The third-order valence-corrected chi connectivity index (χ3v) is 9.71. The minimum atomic E-state index is -0.724. The predicted molar refractivity (Wildman–Crippen MR) is 219 cm³/mol. The number of nitrogens with zero attached hydrogens (tertiary/aromatic N) is 4. The molecule has 2 aromatic heterocycles. The number of anilines is 3. The Morgan fingerprint density at radius 3 is 2.54 bits per heavy atom. The molecule has 0 spiro atoms. The summed E-state index contributed by atoms with van der Waals surface area (Å²) in [6.45, 7) is 10.3. The first kappa shape index (κ1) is 39.5. The quantitative estimate of drug-likeness (QED) is 0.127. The van der Waals surface area contributed by atoms with E-state index in [-0.39, 0.29) is 29.9 Å². The number of hydrogen-bond acceptors (Lipinski definition) is 11. The molecule has 4 aromatic rings. The molecule has 0 unspecified atom stereocenters. The fraction of sp³-hybridized carbons (Fsp3) is 0.357. The minimum Gasteiger partial charge on any atom is -0.444 e. The molecule has 2 aliphatic rings. The Morgan fingerprint density at radius 2 is 1.80 bits per heavy atom. The van der Waals surface area contributed by atoms with Gasteiger partial charge in [0.15, 0.2) is 5.69 Å². The smallest absolute Gasteiger partial charge is 0.412 e. The molecule has 0 saturated carbocycles. The van der Waals surface area contributed by atoms with Crippen LogP contribution in [0.4, 0.5) is 26.7 Å². The van der Waals surface area contributed by atoms with Crippen LogP contribution in [0.15, 0.2) is 91.5 Å². The molecule has 6 N–H and O–H groups in total. The maximum atomic E-state index is 14.3. The highest BCUT2D eigenvalue weighted by molar-refractivity contribution is 6.11. The second-order valence-corrected chi connectivity index (χ2v) is 15.3. The third-order valence-electron chi connectivity index (χ3n) is 9.71. The average Bonchev–Trinajstić information content (AvgIpc) is 3.16. The van der Waals surface area contributed by atoms with Crippen LogP contribution in [-0.4, -0.2) is 83.9 Å². The van der Waals surface area contributed by atoms with Gasteiger partial charge in [-0.15, -0.1) is 0 Å². The van der Waals surface area contributed by atoms with Crippen molar-refractivity contribution in [2.24, 2.45) is 11.7 Å². The van der Waals surface area contributed by atoms with E-state index >= 15 is 0 Å². The number of alkyl carbamates (subject to hydrolysis) is 1. The van der Waals surface area contributed by atoms with Crippen LogP contribution in [0, 0.1) is 5.92 Å². The number of fused-ring (bicyclic) bond motifs is 1. The topological polar surface area (TPSA) is 176 Å². The zero-order valence-electron chi connectivity index (χ0n) is 32.5. The number of rotatable bonds is 10. The first-order valence-electron chi connectivity index (χ1n) is 18.8. The average molecular weight is 762 g/mol. The number of amides is 3. The van der Waals surface area contributed by atoms with Crippen molar-refractivity contribution in [3.05, 3.63) is 108 Å². The summed E-state index contributed by atoms with van der Waals surface area (Å²) in [5, 5.41) is 12.9. The van der Waals surface area contributed by atoms with Crippen molar-refractivity contribution in [2.75, 3.05) is 48.8 Å². The Morgan fingerprint density at radius 1 is 1.00 bits per heavy atom. The van der Waals surface area contributed by atoms with E-state index in [0.717, 1.165) is 36.0 Å². The molecule has 3 amide bonds. The molecule has 56 heavy (non-hydrogen) atoms. The first-order chi connectivity index (χ1) is 26.9. The van der Waals surface area contributed by atoms with Gasteiger partial charge in [0.25, 0.3) is 5.91 Å². The predicted octanol–water partition coefficient (Wildman–Crippen LogP) is 6.09. The van der Waals surface area contributed by atoms with Gasteiger partial charge in [-0.25, -0.2) is 14.6 Å². The van der Waals surface area contributed by atoms with Gasteiger partial charge < -0.3 is 41.0 Å². The van der Waals surface area contributed by atoms with E-state index in [4.69, 9.17) is 20.2 Å². The lowest BCUT2D eigenvalue weighted by atomic mass is 9.89. The Bertz CT molecular complexity index is 2100. The standard InChI is InChI=1S/C42H51N9O5/c1-27-24-51(25-35(37(27)45-18-16-43)49-41(54)56-42(2,3)4)36-13-17-44-23-34(36)47-39(52)38-33(48-40(53)55-26-28-9-7-6-8-10-28)22-31-12-11-30(21-32(31)46-38)29-14-19-50(5)20-15-29/h6-14,16-18,21-23,27,35,37,45H,15,19-20,24-26,43H2,1-5H3,(H,47,52)(H,48,53)(H,49,54)/b18-16-/t27-,35+,37-/m0/s1. The molecule has 294 valence electrons.